The molecule has 8 heteroatoms. The Morgan fingerprint density at radius 2 is 2.29 bits per heavy atom. The number of aliphatic hydroxyl groups excluding tert-OH is 1. The molecular weight excluding hydrogens is 231 g/mol. The SMILES string of the molecule is O=[N+]([O-])c1ccc(-n2cc(CO)nn2)cc1F. The Labute approximate surface area is 94.3 Å². The molecule has 0 aliphatic rings. The number of aromatic nitrogens is 3. The molecule has 0 radical (unpaired) electrons. The van der Waals surface area contributed by atoms with Gasteiger partial charge in [-0.2, -0.15) is 4.39 Å². The highest BCUT2D eigenvalue weighted by Gasteiger charge is 2.14. The molecule has 0 fully saturated rings. The van der Waals surface area contributed by atoms with Crippen LogP contribution in [0.5, 0.6) is 0 Å². The first-order valence-electron chi connectivity index (χ1n) is 4.58. The summed E-state index contributed by atoms with van der Waals surface area (Å²) in [6, 6.07) is 3.37. The average Bonchev–Trinajstić information content (AvgIpc) is 2.76. The average molecular weight is 238 g/mol. The van der Waals surface area contributed by atoms with Crippen LogP contribution in [0.1, 0.15) is 5.69 Å². The summed E-state index contributed by atoms with van der Waals surface area (Å²) in [7, 11) is 0. The van der Waals surface area contributed by atoms with Gasteiger partial charge in [0.25, 0.3) is 0 Å². The van der Waals surface area contributed by atoms with Crippen molar-refractivity contribution in [1.82, 2.24) is 15.0 Å². The van der Waals surface area contributed by atoms with E-state index in [4.69, 9.17) is 5.11 Å². The number of nitro benzene ring substituents is 1. The summed E-state index contributed by atoms with van der Waals surface area (Å²) in [6.45, 7) is -0.282. The van der Waals surface area contributed by atoms with Crippen LogP contribution in [-0.2, 0) is 6.61 Å². The number of rotatable bonds is 3. The Bertz CT molecular complexity index is 569. The monoisotopic (exact) mass is 238 g/mol. The van der Waals surface area contributed by atoms with Crippen molar-refractivity contribution < 1.29 is 14.4 Å². The first-order valence-corrected chi connectivity index (χ1v) is 4.58. The van der Waals surface area contributed by atoms with Crippen LogP contribution in [0.3, 0.4) is 0 Å². The minimum Gasteiger partial charge on any atom is -0.390 e. The second-order valence-corrected chi connectivity index (χ2v) is 3.21. The molecule has 2 aromatic rings. The lowest BCUT2D eigenvalue weighted by molar-refractivity contribution is -0.387. The molecule has 0 aliphatic carbocycles. The molecule has 1 aromatic carbocycles. The summed E-state index contributed by atoms with van der Waals surface area (Å²) in [5.74, 6) is -0.950. The fourth-order valence-electron chi connectivity index (χ4n) is 1.28. The van der Waals surface area contributed by atoms with Gasteiger partial charge in [-0.05, 0) is 6.07 Å². The number of hydrogen-bond acceptors (Lipinski definition) is 5. The molecule has 0 amide bonds. The zero-order chi connectivity index (χ0) is 12.4. The highest BCUT2D eigenvalue weighted by atomic mass is 19.1. The number of aliphatic hydroxyl groups is 1. The molecule has 1 heterocycles. The number of halogens is 1. The largest absolute Gasteiger partial charge is 0.390 e. The number of hydrogen-bond donors (Lipinski definition) is 1. The first kappa shape index (κ1) is 11.1. The standard InChI is InChI=1S/C9H7FN4O3/c10-8-3-7(1-2-9(8)14(16)17)13-4-6(5-15)11-12-13/h1-4,15H,5H2. The molecule has 17 heavy (non-hydrogen) atoms. The van der Waals surface area contributed by atoms with E-state index >= 15 is 0 Å². The third kappa shape index (κ3) is 2.11. The fourth-order valence-corrected chi connectivity index (χ4v) is 1.28. The van der Waals surface area contributed by atoms with Crippen LogP contribution < -0.4 is 0 Å². The van der Waals surface area contributed by atoms with Crippen LogP contribution in [0, 0.1) is 15.9 Å². The van der Waals surface area contributed by atoms with E-state index in [1.807, 2.05) is 0 Å². The van der Waals surface area contributed by atoms with Gasteiger partial charge in [0, 0.05) is 12.1 Å². The van der Waals surface area contributed by atoms with E-state index in [0.717, 1.165) is 12.1 Å². The van der Waals surface area contributed by atoms with E-state index in [1.54, 1.807) is 0 Å². The van der Waals surface area contributed by atoms with E-state index in [1.165, 1.54) is 16.9 Å². The van der Waals surface area contributed by atoms with Gasteiger partial charge in [-0.3, -0.25) is 10.1 Å². The van der Waals surface area contributed by atoms with Crippen molar-refractivity contribution >= 4 is 5.69 Å². The van der Waals surface area contributed by atoms with Gasteiger partial charge >= 0.3 is 5.69 Å². The Kier molecular flexibility index (Phi) is 2.79. The van der Waals surface area contributed by atoms with Crippen molar-refractivity contribution in [2.75, 3.05) is 0 Å². The van der Waals surface area contributed by atoms with Crippen LogP contribution in [0.15, 0.2) is 24.4 Å². The Morgan fingerprint density at radius 1 is 1.53 bits per heavy atom. The van der Waals surface area contributed by atoms with Crippen LogP contribution in [0.2, 0.25) is 0 Å². The highest BCUT2D eigenvalue weighted by molar-refractivity contribution is 5.41. The van der Waals surface area contributed by atoms with Gasteiger partial charge in [-0.25, -0.2) is 4.68 Å². The molecule has 2 rings (SSSR count). The smallest absolute Gasteiger partial charge is 0.304 e. The van der Waals surface area contributed by atoms with E-state index in [0.29, 0.717) is 11.4 Å². The van der Waals surface area contributed by atoms with E-state index in [2.05, 4.69) is 10.3 Å². The number of nitrogens with zero attached hydrogens (tertiary/aromatic N) is 4. The van der Waals surface area contributed by atoms with Crippen LogP contribution in [-0.4, -0.2) is 25.0 Å². The first-order chi connectivity index (χ1) is 8.11. The summed E-state index contributed by atoms with van der Waals surface area (Å²) in [5.41, 5.74) is 0.0142. The summed E-state index contributed by atoms with van der Waals surface area (Å²) in [5, 5.41) is 26.5. The molecule has 7 nitrogen and oxygen atoms in total. The Balaban J connectivity index is 2.40. The van der Waals surface area contributed by atoms with Gasteiger partial charge < -0.3 is 5.11 Å². The summed E-state index contributed by atoms with van der Waals surface area (Å²) < 4.78 is 14.5. The minimum absolute atomic E-state index is 0.282. The quantitative estimate of drug-likeness (QED) is 0.630. The lowest BCUT2D eigenvalue weighted by atomic mass is 10.2. The fraction of sp³-hybridized carbons (Fsp3) is 0.111. The van der Waals surface area contributed by atoms with Gasteiger partial charge in [0.05, 0.1) is 23.4 Å². The molecule has 1 N–H and O–H groups in total. The topological polar surface area (TPSA) is 94.1 Å². The van der Waals surface area contributed by atoms with Crippen LogP contribution in [0.4, 0.5) is 10.1 Å². The number of benzene rings is 1. The van der Waals surface area contributed by atoms with Gasteiger partial charge in [-0.15, -0.1) is 5.10 Å². The predicted octanol–water partition coefficient (Wildman–Crippen LogP) is 0.807. The Hall–Kier alpha value is -2.35. The zero-order valence-corrected chi connectivity index (χ0v) is 8.45. The van der Waals surface area contributed by atoms with Crippen molar-refractivity contribution in [3.8, 4) is 5.69 Å². The lowest BCUT2D eigenvalue weighted by Gasteiger charge is -2.00. The van der Waals surface area contributed by atoms with Gasteiger partial charge in [0.15, 0.2) is 0 Å². The maximum atomic E-state index is 13.3. The molecule has 0 unspecified atom stereocenters. The zero-order valence-electron chi connectivity index (χ0n) is 8.45. The van der Waals surface area contributed by atoms with Crippen LogP contribution in [0.25, 0.3) is 5.69 Å². The minimum atomic E-state index is -0.950. The molecular formula is C9H7FN4O3. The van der Waals surface area contributed by atoms with Gasteiger partial charge in [-0.1, -0.05) is 5.21 Å². The Morgan fingerprint density at radius 3 is 2.82 bits per heavy atom. The van der Waals surface area contributed by atoms with Gasteiger partial charge in [0.1, 0.15) is 5.69 Å². The summed E-state index contributed by atoms with van der Waals surface area (Å²) in [4.78, 5) is 9.61. The van der Waals surface area contributed by atoms with Crippen molar-refractivity contribution in [3.63, 3.8) is 0 Å². The molecule has 0 aliphatic heterocycles. The normalized spacial score (nSPS) is 10.5. The lowest BCUT2D eigenvalue weighted by Crippen LogP contribution is -1.98. The van der Waals surface area contributed by atoms with E-state index < -0.39 is 16.4 Å². The van der Waals surface area contributed by atoms with Crippen molar-refractivity contribution in [1.29, 1.82) is 0 Å². The maximum absolute atomic E-state index is 13.3. The molecule has 0 bridgehead atoms. The summed E-state index contributed by atoms with van der Waals surface area (Å²) >= 11 is 0. The highest BCUT2D eigenvalue weighted by Crippen LogP contribution is 2.19. The van der Waals surface area contributed by atoms with Crippen molar-refractivity contribution in [2.45, 2.75) is 6.61 Å². The van der Waals surface area contributed by atoms with Crippen LogP contribution >= 0.6 is 0 Å². The predicted molar refractivity (Wildman–Crippen MR) is 53.9 cm³/mol. The van der Waals surface area contributed by atoms with E-state index in [-0.39, 0.29) is 6.61 Å². The van der Waals surface area contributed by atoms with Crippen molar-refractivity contribution in [2.24, 2.45) is 0 Å². The third-order valence-corrected chi connectivity index (χ3v) is 2.10. The van der Waals surface area contributed by atoms with Gasteiger partial charge in [0.2, 0.25) is 5.82 Å². The molecule has 0 spiro atoms. The molecule has 88 valence electrons. The van der Waals surface area contributed by atoms with Crippen molar-refractivity contribution in [3.05, 3.63) is 46.0 Å². The molecule has 1 aromatic heterocycles. The van der Waals surface area contributed by atoms with E-state index in [9.17, 15) is 14.5 Å². The second-order valence-electron chi connectivity index (χ2n) is 3.21. The summed E-state index contributed by atoms with van der Waals surface area (Å²) in [6.07, 6.45) is 1.40. The molecule has 0 saturated carbocycles. The second kappa shape index (κ2) is 4.26. The number of nitro groups is 1. The maximum Gasteiger partial charge on any atom is 0.304 e. The molecule has 0 atom stereocenters. The molecule has 0 saturated heterocycles. The third-order valence-electron chi connectivity index (χ3n) is 2.10.